The highest BCUT2D eigenvalue weighted by Gasteiger charge is 2.25. The molecule has 1 N–H and O–H groups in total. The van der Waals surface area contributed by atoms with Gasteiger partial charge in [-0.25, -0.2) is 13.1 Å². The number of aryl methyl sites for hydroxylation is 1. The molecule has 6 nitrogen and oxygen atoms in total. The summed E-state index contributed by atoms with van der Waals surface area (Å²) in [5.74, 6) is 1.05. The second kappa shape index (κ2) is 10.5. The highest BCUT2D eigenvalue weighted by atomic mass is 35.5. The Morgan fingerprint density at radius 2 is 1.71 bits per heavy atom. The van der Waals surface area contributed by atoms with Crippen molar-refractivity contribution in [2.75, 3.05) is 0 Å². The first-order chi connectivity index (χ1) is 16.2. The normalized spacial score (nSPS) is 12.6. The van der Waals surface area contributed by atoms with Crippen LogP contribution in [0.25, 0.3) is 5.69 Å². The van der Waals surface area contributed by atoms with Crippen molar-refractivity contribution >= 4 is 45.0 Å². The van der Waals surface area contributed by atoms with Crippen LogP contribution in [-0.2, 0) is 15.8 Å². The molecule has 0 aliphatic carbocycles. The van der Waals surface area contributed by atoms with E-state index in [-0.39, 0.29) is 4.90 Å². The minimum atomic E-state index is -3.78. The summed E-state index contributed by atoms with van der Waals surface area (Å²) < 4.78 is 30.4. The van der Waals surface area contributed by atoms with Gasteiger partial charge in [0.2, 0.25) is 10.0 Å². The predicted octanol–water partition coefficient (Wildman–Crippen LogP) is 6.21. The second-order valence-electron chi connectivity index (χ2n) is 7.70. The number of aromatic nitrogens is 3. The molecule has 3 aromatic carbocycles. The predicted molar refractivity (Wildman–Crippen MR) is 137 cm³/mol. The fourth-order valence-corrected chi connectivity index (χ4v) is 5.81. The van der Waals surface area contributed by atoms with Gasteiger partial charge < -0.3 is 0 Å². The maximum absolute atomic E-state index is 13.0. The maximum Gasteiger partial charge on any atom is 0.241 e. The van der Waals surface area contributed by atoms with Crippen molar-refractivity contribution in [1.82, 2.24) is 19.5 Å². The van der Waals surface area contributed by atoms with Crippen LogP contribution >= 0.6 is 35.0 Å². The molecule has 0 spiro atoms. The number of rotatable bonds is 8. The Bertz CT molecular complexity index is 1390. The largest absolute Gasteiger partial charge is 0.271 e. The molecule has 10 heteroatoms. The van der Waals surface area contributed by atoms with Gasteiger partial charge in [0.05, 0.1) is 21.6 Å². The third-order valence-corrected chi connectivity index (χ3v) is 8.18. The van der Waals surface area contributed by atoms with Gasteiger partial charge in [0.25, 0.3) is 0 Å². The van der Waals surface area contributed by atoms with Gasteiger partial charge in [-0.1, -0.05) is 83.0 Å². The van der Waals surface area contributed by atoms with Gasteiger partial charge in [-0.2, -0.15) is 0 Å². The summed E-state index contributed by atoms with van der Waals surface area (Å²) in [4.78, 5) is 0.176. The summed E-state index contributed by atoms with van der Waals surface area (Å²) in [6.45, 7) is 3.62. The Morgan fingerprint density at radius 3 is 2.41 bits per heavy atom. The van der Waals surface area contributed by atoms with E-state index in [0.29, 0.717) is 32.5 Å². The molecule has 1 heterocycles. The van der Waals surface area contributed by atoms with E-state index in [2.05, 4.69) is 14.9 Å². The van der Waals surface area contributed by atoms with E-state index >= 15 is 0 Å². The van der Waals surface area contributed by atoms with Gasteiger partial charge in [-0.05, 0) is 49.7 Å². The van der Waals surface area contributed by atoms with Gasteiger partial charge in [-0.3, -0.25) is 4.57 Å². The molecular weight excluding hydrogens is 511 g/mol. The molecule has 1 aromatic heterocycles. The first-order valence-electron chi connectivity index (χ1n) is 10.4. The lowest BCUT2D eigenvalue weighted by Crippen LogP contribution is -2.29. The van der Waals surface area contributed by atoms with Crippen LogP contribution in [0.15, 0.2) is 82.8 Å². The minimum Gasteiger partial charge on any atom is -0.271 e. The SMILES string of the molecule is Cc1ccc(S(=O)(=O)NC(C)c2nnc(SCc3ccccc3)n2-c2cc(Cl)ccc2Cl)cc1. The van der Waals surface area contributed by atoms with Gasteiger partial charge in [0, 0.05) is 10.8 Å². The van der Waals surface area contributed by atoms with Crippen LogP contribution in [0.1, 0.15) is 29.9 Å². The van der Waals surface area contributed by atoms with Crippen molar-refractivity contribution in [3.8, 4) is 5.69 Å². The third kappa shape index (κ3) is 5.64. The van der Waals surface area contributed by atoms with Gasteiger partial charge in [0.15, 0.2) is 11.0 Å². The monoisotopic (exact) mass is 532 g/mol. The molecule has 0 saturated heterocycles. The molecule has 0 aliphatic rings. The van der Waals surface area contributed by atoms with Gasteiger partial charge >= 0.3 is 0 Å². The average Bonchev–Trinajstić information content (AvgIpc) is 3.24. The minimum absolute atomic E-state index is 0.176. The molecule has 0 aliphatic heterocycles. The Labute approximate surface area is 213 Å². The van der Waals surface area contributed by atoms with Crippen LogP contribution in [-0.4, -0.2) is 23.2 Å². The molecule has 0 bridgehead atoms. The van der Waals surface area contributed by atoms with Crippen molar-refractivity contribution in [2.45, 2.75) is 35.7 Å². The summed E-state index contributed by atoms with van der Waals surface area (Å²) in [7, 11) is -3.78. The van der Waals surface area contributed by atoms with Crippen molar-refractivity contribution in [2.24, 2.45) is 0 Å². The highest BCUT2D eigenvalue weighted by Crippen LogP contribution is 2.32. The second-order valence-corrected chi connectivity index (χ2v) is 11.2. The zero-order valence-electron chi connectivity index (χ0n) is 18.4. The van der Waals surface area contributed by atoms with E-state index in [0.717, 1.165) is 11.1 Å². The van der Waals surface area contributed by atoms with Crippen molar-refractivity contribution in [3.63, 3.8) is 0 Å². The maximum atomic E-state index is 13.0. The number of halogens is 2. The number of sulfonamides is 1. The van der Waals surface area contributed by atoms with Crippen molar-refractivity contribution in [3.05, 3.63) is 99.8 Å². The standard InChI is InChI=1S/C24H22Cl2N4O2S2/c1-16-8-11-20(12-9-16)34(31,32)29-17(2)23-27-28-24(33-15-18-6-4-3-5-7-18)30(23)22-14-19(25)10-13-21(22)26/h3-14,17,29H,15H2,1-2H3. The van der Waals surface area contributed by atoms with Crippen molar-refractivity contribution < 1.29 is 8.42 Å². The molecule has 4 rings (SSSR count). The van der Waals surface area contributed by atoms with Gasteiger partial charge in [0.1, 0.15) is 0 Å². The average molecular weight is 534 g/mol. The fraction of sp³-hybridized carbons (Fsp3) is 0.167. The molecule has 0 radical (unpaired) electrons. The van der Waals surface area contributed by atoms with Crippen LogP contribution in [0.5, 0.6) is 0 Å². The summed E-state index contributed by atoms with van der Waals surface area (Å²) >= 11 is 14.2. The molecule has 4 aromatic rings. The first-order valence-corrected chi connectivity index (χ1v) is 13.6. The van der Waals surface area contributed by atoms with Gasteiger partial charge in [-0.15, -0.1) is 10.2 Å². The molecule has 0 fully saturated rings. The first kappa shape index (κ1) is 24.8. The lowest BCUT2D eigenvalue weighted by Gasteiger charge is -2.17. The fourth-order valence-electron chi connectivity index (χ4n) is 3.33. The van der Waals surface area contributed by atoms with Crippen LogP contribution < -0.4 is 4.72 Å². The van der Waals surface area contributed by atoms with Crippen molar-refractivity contribution in [1.29, 1.82) is 0 Å². The topological polar surface area (TPSA) is 76.9 Å². The molecule has 1 atom stereocenters. The molecule has 34 heavy (non-hydrogen) atoms. The molecular formula is C24H22Cl2N4O2S2. The zero-order valence-corrected chi connectivity index (χ0v) is 21.6. The Hall–Kier alpha value is -2.36. The van der Waals surface area contributed by atoms with E-state index < -0.39 is 16.1 Å². The number of benzene rings is 3. The summed E-state index contributed by atoms with van der Waals surface area (Å²) in [5, 5.41) is 10.2. The van der Waals surface area contributed by atoms with E-state index in [1.165, 1.54) is 11.8 Å². The quantitative estimate of drug-likeness (QED) is 0.273. The summed E-state index contributed by atoms with van der Waals surface area (Å²) in [6.07, 6.45) is 0. The molecule has 176 valence electrons. The summed E-state index contributed by atoms with van der Waals surface area (Å²) in [6, 6.07) is 21.0. The van der Waals surface area contributed by atoms with Crippen LogP contribution in [0.3, 0.4) is 0 Å². The Kier molecular flexibility index (Phi) is 7.64. The van der Waals surface area contributed by atoms with Crippen LogP contribution in [0, 0.1) is 6.92 Å². The Balaban J connectivity index is 1.70. The molecule has 0 saturated carbocycles. The Morgan fingerprint density at radius 1 is 1.00 bits per heavy atom. The molecule has 0 amide bonds. The number of hydrogen-bond donors (Lipinski definition) is 1. The van der Waals surface area contributed by atoms with Crippen LogP contribution in [0.2, 0.25) is 10.0 Å². The van der Waals surface area contributed by atoms with E-state index in [9.17, 15) is 8.42 Å². The lowest BCUT2D eigenvalue weighted by atomic mass is 10.2. The lowest BCUT2D eigenvalue weighted by molar-refractivity contribution is 0.556. The highest BCUT2D eigenvalue weighted by molar-refractivity contribution is 7.98. The van der Waals surface area contributed by atoms with E-state index in [4.69, 9.17) is 23.2 Å². The van der Waals surface area contributed by atoms with Crippen LogP contribution in [0.4, 0.5) is 0 Å². The van der Waals surface area contributed by atoms with E-state index in [1.54, 1.807) is 54.0 Å². The third-order valence-electron chi connectivity index (χ3n) is 5.07. The molecule has 1 unspecified atom stereocenters. The number of nitrogens with one attached hydrogen (secondary N) is 1. The number of hydrogen-bond acceptors (Lipinski definition) is 5. The van der Waals surface area contributed by atoms with E-state index in [1.807, 2.05) is 37.3 Å². The smallest absolute Gasteiger partial charge is 0.241 e. The number of nitrogens with zero attached hydrogens (tertiary/aromatic N) is 3. The zero-order chi connectivity index (χ0) is 24.3. The number of thioether (sulfide) groups is 1. The summed E-state index contributed by atoms with van der Waals surface area (Å²) in [5.41, 5.74) is 2.67.